The van der Waals surface area contributed by atoms with Crippen molar-refractivity contribution in [1.29, 1.82) is 0 Å². The van der Waals surface area contributed by atoms with Gasteiger partial charge in [-0.3, -0.25) is 9.78 Å². The van der Waals surface area contributed by atoms with Crippen LogP contribution in [0.3, 0.4) is 0 Å². The number of carbonyl (C=O) groups is 1. The number of rotatable bonds is 3. The molecule has 0 radical (unpaired) electrons. The second kappa shape index (κ2) is 5.72. The van der Waals surface area contributed by atoms with Gasteiger partial charge >= 0.3 is 0 Å². The van der Waals surface area contributed by atoms with E-state index in [1.807, 2.05) is 6.92 Å². The molecule has 0 aliphatic rings. The summed E-state index contributed by atoms with van der Waals surface area (Å²) in [6.45, 7) is 4.07. The second-order valence-electron chi connectivity index (χ2n) is 4.40. The van der Waals surface area contributed by atoms with Crippen LogP contribution >= 0.6 is 22.9 Å². The van der Waals surface area contributed by atoms with Crippen molar-refractivity contribution in [2.24, 2.45) is 0 Å². The summed E-state index contributed by atoms with van der Waals surface area (Å²) in [5, 5.41) is 0.383. The lowest BCUT2D eigenvalue weighted by atomic mass is 10.2. The summed E-state index contributed by atoms with van der Waals surface area (Å²) in [5.74, 6) is -0.0917. The summed E-state index contributed by atoms with van der Waals surface area (Å²) in [4.78, 5) is 20.4. The lowest BCUT2D eigenvalue weighted by molar-refractivity contribution is 0.0745. The van der Waals surface area contributed by atoms with Crippen LogP contribution < -0.4 is 0 Å². The third-order valence-electron chi connectivity index (χ3n) is 3.08. The number of aromatic nitrogens is 1. The van der Waals surface area contributed by atoms with Gasteiger partial charge in [0.1, 0.15) is 0 Å². The molecular formula is C14H15ClN2OS. The zero-order valence-electron chi connectivity index (χ0n) is 11.1. The van der Waals surface area contributed by atoms with Gasteiger partial charge in [-0.05, 0) is 32.0 Å². The van der Waals surface area contributed by atoms with Gasteiger partial charge in [0.05, 0.1) is 16.6 Å². The molecule has 5 heteroatoms. The maximum absolute atomic E-state index is 12.4. The van der Waals surface area contributed by atoms with Crippen molar-refractivity contribution in [3.63, 3.8) is 0 Å². The van der Waals surface area contributed by atoms with E-state index in [1.165, 1.54) is 16.0 Å². The minimum Gasteiger partial charge on any atom is -0.334 e. The highest BCUT2D eigenvalue weighted by atomic mass is 35.5. The molecule has 0 aromatic carbocycles. The third-order valence-corrected chi connectivity index (χ3v) is 4.55. The van der Waals surface area contributed by atoms with E-state index in [4.69, 9.17) is 11.6 Å². The molecule has 2 aromatic rings. The van der Waals surface area contributed by atoms with Crippen molar-refractivity contribution in [2.75, 3.05) is 7.05 Å². The van der Waals surface area contributed by atoms with Gasteiger partial charge in [0, 0.05) is 29.2 Å². The summed E-state index contributed by atoms with van der Waals surface area (Å²) in [6.07, 6.45) is 3.06. The van der Waals surface area contributed by atoms with E-state index >= 15 is 0 Å². The Hall–Kier alpha value is -1.39. The average Bonchev–Trinajstić information content (AvgIpc) is 2.83. The number of hydrogen-bond donors (Lipinski definition) is 0. The zero-order chi connectivity index (χ0) is 14.0. The summed E-state index contributed by atoms with van der Waals surface area (Å²) in [6, 6.07) is 5.79. The first-order valence-corrected chi connectivity index (χ1v) is 7.13. The number of amides is 1. The zero-order valence-corrected chi connectivity index (χ0v) is 12.6. The predicted molar refractivity (Wildman–Crippen MR) is 78.8 cm³/mol. The van der Waals surface area contributed by atoms with Crippen LogP contribution in [0.2, 0.25) is 5.02 Å². The monoisotopic (exact) mass is 294 g/mol. The number of aryl methyl sites for hydroxylation is 1. The first kappa shape index (κ1) is 14.0. The van der Waals surface area contributed by atoms with Gasteiger partial charge in [-0.2, -0.15) is 0 Å². The molecule has 1 unspecified atom stereocenters. The number of nitrogens with zero attached hydrogens (tertiary/aromatic N) is 2. The Bertz CT molecular complexity index is 597. The highest BCUT2D eigenvalue weighted by molar-refractivity contribution is 7.12. The van der Waals surface area contributed by atoms with E-state index < -0.39 is 0 Å². The van der Waals surface area contributed by atoms with Gasteiger partial charge in [0.25, 0.3) is 5.91 Å². The second-order valence-corrected chi connectivity index (χ2v) is 6.12. The summed E-state index contributed by atoms with van der Waals surface area (Å²) < 4.78 is 0. The van der Waals surface area contributed by atoms with Crippen molar-refractivity contribution >= 4 is 28.8 Å². The van der Waals surface area contributed by atoms with Gasteiger partial charge in [-0.1, -0.05) is 11.6 Å². The molecule has 19 heavy (non-hydrogen) atoms. The Morgan fingerprint density at radius 2 is 2.16 bits per heavy atom. The van der Waals surface area contributed by atoms with E-state index in [0.29, 0.717) is 10.6 Å². The SMILES string of the molecule is Cc1ccc(C(C)N(C)C(=O)c2ccncc2Cl)s1. The molecule has 2 aromatic heterocycles. The third kappa shape index (κ3) is 2.96. The molecule has 2 heterocycles. The molecule has 0 saturated heterocycles. The Kier molecular flexibility index (Phi) is 4.22. The predicted octanol–water partition coefficient (Wildman–Crippen LogP) is 3.94. The molecular weight excluding hydrogens is 280 g/mol. The summed E-state index contributed by atoms with van der Waals surface area (Å²) >= 11 is 7.71. The van der Waals surface area contributed by atoms with Crippen LogP contribution in [0, 0.1) is 6.92 Å². The average molecular weight is 295 g/mol. The molecule has 1 atom stereocenters. The summed E-state index contributed by atoms with van der Waals surface area (Å²) in [5.41, 5.74) is 0.485. The summed E-state index contributed by atoms with van der Waals surface area (Å²) in [7, 11) is 1.79. The minimum absolute atomic E-state index is 0.0235. The fraction of sp³-hybridized carbons (Fsp3) is 0.286. The Labute approximate surface area is 121 Å². The van der Waals surface area contributed by atoms with Crippen molar-refractivity contribution in [3.05, 3.63) is 50.9 Å². The van der Waals surface area contributed by atoms with Crippen LogP contribution in [0.15, 0.2) is 30.6 Å². The number of pyridine rings is 1. The highest BCUT2D eigenvalue weighted by Gasteiger charge is 2.21. The lowest BCUT2D eigenvalue weighted by Gasteiger charge is -2.24. The fourth-order valence-electron chi connectivity index (χ4n) is 1.78. The van der Waals surface area contributed by atoms with E-state index in [2.05, 4.69) is 24.0 Å². The van der Waals surface area contributed by atoms with Crippen molar-refractivity contribution in [3.8, 4) is 0 Å². The van der Waals surface area contributed by atoms with Crippen molar-refractivity contribution in [1.82, 2.24) is 9.88 Å². The van der Waals surface area contributed by atoms with Gasteiger partial charge in [0.15, 0.2) is 0 Å². The number of thiophene rings is 1. The molecule has 3 nitrogen and oxygen atoms in total. The lowest BCUT2D eigenvalue weighted by Crippen LogP contribution is -2.29. The first-order valence-electron chi connectivity index (χ1n) is 5.93. The van der Waals surface area contributed by atoms with Crippen LogP contribution in [-0.4, -0.2) is 22.8 Å². The maximum atomic E-state index is 12.4. The molecule has 0 spiro atoms. The Morgan fingerprint density at radius 3 is 2.74 bits per heavy atom. The van der Waals surface area contributed by atoms with E-state index in [9.17, 15) is 4.79 Å². The highest BCUT2D eigenvalue weighted by Crippen LogP contribution is 2.28. The fourth-order valence-corrected chi connectivity index (χ4v) is 2.96. The van der Waals surface area contributed by atoms with Gasteiger partial charge in [-0.15, -0.1) is 11.3 Å². The molecule has 0 aliphatic carbocycles. The standard InChI is InChI=1S/C14H15ClN2OS/c1-9-4-5-13(19-9)10(2)17(3)14(18)11-6-7-16-8-12(11)15/h4-8,10H,1-3H3. The smallest absolute Gasteiger partial charge is 0.255 e. The van der Waals surface area contributed by atoms with E-state index in [-0.39, 0.29) is 11.9 Å². The van der Waals surface area contributed by atoms with E-state index in [0.717, 1.165) is 0 Å². The van der Waals surface area contributed by atoms with Crippen molar-refractivity contribution < 1.29 is 4.79 Å². The van der Waals surface area contributed by atoms with Gasteiger partial charge in [0.2, 0.25) is 0 Å². The Balaban J connectivity index is 2.22. The largest absolute Gasteiger partial charge is 0.334 e. The molecule has 0 bridgehead atoms. The van der Waals surface area contributed by atoms with Crippen LogP contribution in [0.5, 0.6) is 0 Å². The molecule has 1 amide bonds. The molecule has 0 N–H and O–H groups in total. The first-order chi connectivity index (χ1) is 9.00. The van der Waals surface area contributed by atoms with Crippen LogP contribution in [0.25, 0.3) is 0 Å². The van der Waals surface area contributed by atoms with Gasteiger partial charge in [-0.25, -0.2) is 0 Å². The van der Waals surface area contributed by atoms with Crippen LogP contribution in [0.1, 0.15) is 33.1 Å². The number of hydrogen-bond acceptors (Lipinski definition) is 3. The van der Waals surface area contributed by atoms with Crippen LogP contribution in [0.4, 0.5) is 0 Å². The molecule has 2 rings (SSSR count). The Morgan fingerprint density at radius 1 is 1.42 bits per heavy atom. The molecule has 0 fully saturated rings. The van der Waals surface area contributed by atoms with E-state index in [1.54, 1.807) is 35.5 Å². The molecule has 100 valence electrons. The quantitative estimate of drug-likeness (QED) is 0.859. The van der Waals surface area contributed by atoms with Gasteiger partial charge < -0.3 is 4.90 Å². The maximum Gasteiger partial charge on any atom is 0.255 e. The number of halogens is 1. The molecule has 0 saturated carbocycles. The number of carbonyl (C=O) groups excluding carboxylic acids is 1. The topological polar surface area (TPSA) is 33.2 Å². The minimum atomic E-state index is -0.0917. The van der Waals surface area contributed by atoms with Crippen LogP contribution in [-0.2, 0) is 0 Å². The normalized spacial score (nSPS) is 12.2. The molecule has 0 aliphatic heterocycles. The van der Waals surface area contributed by atoms with Crippen molar-refractivity contribution in [2.45, 2.75) is 19.9 Å².